The molecule has 0 aliphatic carbocycles. The molecule has 0 aromatic heterocycles. The van der Waals surface area contributed by atoms with Crippen molar-refractivity contribution in [2.75, 3.05) is 32.1 Å². The van der Waals surface area contributed by atoms with Crippen LogP contribution in [0.2, 0.25) is 0 Å². The SMILES string of the molecule is COc1ccc(C(=O)N2[C@H](C)CN(C(=O)C3CNc4ccccc43)C[C@H]2C)c(F)c1. The summed E-state index contributed by atoms with van der Waals surface area (Å²) < 4.78 is 19.5. The molecule has 0 radical (unpaired) electrons. The van der Waals surface area contributed by atoms with Crippen LogP contribution in [0.3, 0.4) is 0 Å². The van der Waals surface area contributed by atoms with Crippen molar-refractivity contribution in [2.45, 2.75) is 31.8 Å². The van der Waals surface area contributed by atoms with E-state index in [0.29, 0.717) is 25.4 Å². The number of hydrogen-bond donors (Lipinski definition) is 1. The highest BCUT2D eigenvalue weighted by Crippen LogP contribution is 2.33. The van der Waals surface area contributed by atoms with E-state index in [0.717, 1.165) is 11.3 Å². The molecular formula is C23H26FN3O3. The molecule has 7 heteroatoms. The summed E-state index contributed by atoms with van der Waals surface area (Å²) >= 11 is 0. The molecule has 1 unspecified atom stereocenters. The Kier molecular flexibility index (Phi) is 5.37. The first-order valence-corrected chi connectivity index (χ1v) is 10.2. The van der Waals surface area contributed by atoms with Crippen molar-refractivity contribution in [3.8, 4) is 5.75 Å². The highest BCUT2D eigenvalue weighted by Gasteiger charge is 2.39. The number of rotatable bonds is 3. The number of halogens is 1. The largest absolute Gasteiger partial charge is 0.497 e. The molecule has 4 rings (SSSR count). The number of piperazine rings is 1. The van der Waals surface area contributed by atoms with Crippen LogP contribution in [0.25, 0.3) is 0 Å². The lowest BCUT2D eigenvalue weighted by Gasteiger charge is -2.45. The molecule has 2 aliphatic heterocycles. The van der Waals surface area contributed by atoms with Gasteiger partial charge in [-0.15, -0.1) is 0 Å². The number of para-hydroxylation sites is 1. The molecule has 3 atom stereocenters. The van der Waals surface area contributed by atoms with Crippen molar-refractivity contribution in [1.29, 1.82) is 0 Å². The summed E-state index contributed by atoms with van der Waals surface area (Å²) in [6, 6.07) is 11.7. The van der Waals surface area contributed by atoms with Gasteiger partial charge in [-0.25, -0.2) is 4.39 Å². The molecule has 0 spiro atoms. The smallest absolute Gasteiger partial charge is 0.257 e. The summed E-state index contributed by atoms with van der Waals surface area (Å²) in [7, 11) is 1.45. The molecule has 6 nitrogen and oxygen atoms in total. The standard InChI is InChI=1S/C23H26FN3O3/c1-14-12-26(22(28)19-11-25-21-7-5-4-6-17(19)21)13-15(2)27(14)23(29)18-9-8-16(30-3)10-20(18)24/h4-10,14-15,19,25H,11-13H2,1-3H3/t14-,15-,19?/m1/s1. The van der Waals surface area contributed by atoms with Gasteiger partial charge in [-0.3, -0.25) is 9.59 Å². The van der Waals surface area contributed by atoms with E-state index in [-0.39, 0.29) is 35.4 Å². The van der Waals surface area contributed by atoms with Gasteiger partial charge < -0.3 is 19.9 Å². The lowest BCUT2D eigenvalue weighted by molar-refractivity contribution is -0.136. The Labute approximate surface area is 175 Å². The molecular weight excluding hydrogens is 385 g/mol. The van der Waals surface area contributed by atoms with E-state index in [9.17, 15) is 14.0 Å². The van der Waals surface area contributed by atoms with Crippen LogP contribution in [0.4, 0.5) is 10.1 Å². The molecule has 2 aromatic carbocycles. The number of ether oxygens (including phenoxy) is 1. The number of nitrogens with zero attached hydrogens (tertiary/aromatic N) is 2. The number of anilines is 1. The van der Waals surface area contributed by atoms with Crippen LogP contribution in [-0.4, -0.2) is 60.4 Å². The van der Waals surface area contributed by atoms with Gasteiger partial charge in [0.15, 0.2) is 0 Å². The molecule has 0 bridgehead atoms. The normalized spacial score (nSPS) is 23.0. The fourth-order valence-electron chi connectivity index (χ4n) is 4.56. The van der Waals surface area contributed by atoms with Gasteiger partial charge in [0.1, 0.15) is 11.6 Å². The highest BCUT2D eigenvalue weighted by molar-refractivity contribution is 5.95. The number of hydrogen-bond acceptors (Lipinski definition) is 4. The number of nitrogens with one attached hydrogen (secondary N) is 1. The molecule has 30 heavy (non-hydrogen) atoms. The van der Waals surface area contributed by atoms with Gasteiger partial charge >= 0.3 is 0 Å². The van der Waals surface area contributed by atoms with Crippen LogP contribution in [0.5, 0.6) is 5.75 Å². The first-order valence-electron chi connectivity index (χ1n) is 10.2. The van der Waals surface area contributed by atoms with E-state index in [1.54, 1.807) is 11.0 Å². The van der Waals surface area contributed by atoms with Crippen molar-refractivity contribution >= 4 is 17.5 Å². The van der Waals surface area contributed by atoms with Crippen molar-refractivity contribution in [2.24, 2.45) is 0 Å². The lowest BCUT2D eigenvalue weighted by atomic mass is 9.97. The summed E-state index contributed by atoms with van der Waals surface area (Å²) in [5.74, 6) is -0.761. The molecule has 2 aliphatic rings. The monoisotopic (exact) mass is 411 g/mol. The number of benzene rings is 2. The second-order valence-electron chi connectivity index (χ2n) is 8.02. The van der Waals surface area contributed by atoms with E-state index >= 15 is 0 Å². The molecule has 1 N–H and O–H groups in total. The minimum absolute atomic E-state index is 0.0168. The van der Waals surface area contributed by atoms with Crippen LogP contribution in [0, 0.1) is 5.82 Å². The zero-order valence-electron chi connectivity index (χ0n) is 17.4. The van der Waals surface area contributed by atoms with E-state index in [1.807, 2.05) is 43.0 Å². The van der Waals surface area contributed by atoms with Gasteiger partial charge in [-0.2, -0.15) is 0 Å². The Balaban J connectivity index is 1.50. The van der Waals surface area contributed by atoms with E-state index in [2.05, 4.69) is 5.32 Å². The van der Waals surface area contributed by atoms with Gasteiger partial charge in [0.25, 0.3) is 5.91 Å². The van der Waals surface area contributed by atoms with Crippen LogP contribution in [0.1, 0.15) is 35.7 Å². The molecule has 2 aromatic rings. The molecule has 0 saturated carbocycles. The minimum atomic E-state index is -0.606. The fraction of sp³-hybridized carbons (Fsp3) is 0.391. The van der Waals surface area contributed by atoms with E-state index in [1.165, 1.54) is 19.2 Å². The topological polar surface area (TPSA) is 61.9 Å². The van der Waals surface area contributed by atoms with Crippen LogP contribution < -0.4 is 10.1 Å². The summed E-state index contributed by atoms with van der Waals surface area (Å²) in [6.07, 6.45) is 0. The Morgan fingerprint density at radius 2 is 1.80 bits per heavy atom. The molecule has 1 fully saturated rings. The van der Waals surface area contributed by atoms with Gasteiger partial charge in [-0.1, -0.05) is 18.2 Å². The predicted molar refractivity (Wildman–Crippen MR) is 112 cm³/mol. The number of carbonyl (C=O) groups excluding carboxylic acids is 2. The molecule has 158 valence electrons. The third-order valence-electron chi connectivity index (χ3n) is 6.00. The highest BCUT2D eigenvalue weighted by atomic mass is 19.1. The Bertz CT molecular complexity index is 968. The van der Waals surface area contributed by atoms with Gasteiger partial charge in [-0.05, 0) is 37.6 Å². The average Bonchev–Trinajstić information content (AvgIpc) is 3.16. The minimum Gasteiger partial charge on any atom is -0.497 e. The number of fused-ring (bicyclic) bond motifs is 1. The Morgan fingerprint density at radius 1 is 1.10 bits per heavy atom. The van der Waals surface area contributed by atoms with Crippen molar-refractivity contribution in [3.05, 3.63) is 59.4 Å². The van der Waals surface area contributed by atoms with Gasteiger partial charge in [0.05, 0.1) is 18.6 Å². The average molecular weight is 411 g/mol. The molecule has 2 amide bonds. The van der Waals surface area contributed by atoms with Crippen LogP contribution in [0.15, 0.2) is 42.5 Å². The van der Waals surface area contributed by atoms with Crippen LogP contribution >= 0.6 is 0 Å². The second kappa shape index (κ2) is 7.97. The van der Waals surface area contributed by atoms with Gasteiger partial charge in [0, 0.05) is 43.5 Å². The van der Waals surface area contributed by atoms with Crippen molar-refractivity contribution in [3.63, 3.8) is 0 Å². The Morgan fingerprint density at radius 3 is 2.47 bits per heavy atom. The fourth-order valence-corrected chi connectivity index (χ4v) is 4.56. The van der Waals surface area contributed by atoms with Crippen molar-refractivity contribution in [1.82, 2.24) is 9.80 Å². The third kappa shape index (κ3) is 3.49. The van der Waals surface area contributed by atoms with Crippen LogP contribution in [-0.2, 0) is 4.79 Å². The first-order chi connectivity index (χ1) is 14.4. The molecule has 2 heterocycles. The maximum Gasteiger partial charge on any atom is 0.257 e. The quantitative estimate of drug-likeness (QED) is 0.843. The zero-order chi connectivity index (χ0) is 21.4. The summed E-state index contributed by atoms with van der Waals surface area (Å²) in [5, 5.41) is 3.29. The number of carbonyl (C=O) groups is 2. The number of amides is 2. The Hall–Kier alpha value is -3.09. The lowest BCUT2D eigenvalue weighted by Crippen LogP contribution is -2.60. The first kappa shape index (κ1) is 20.2. The summed E-state index contributed by atoms with van der Waals surface area (Å²) in [5.41, 5.74) is 2.03. The second-order valence-corrected chi connectivity index (χ2v) is 8.02. The maximum atomic E-state index is 14.4. The zero-order valence-corrected chi connectivity index (χ0v) is 17.4. The van der Waals surface area contributed by atoms with E-state index in [4.69, 9.17) is 4.74 Å². The van der Waals surface area contributed by atoms with E-state index < -0.39 is 5.82 Å². The van der Waals surface area contributed by atoms with Gasteiger partial charge in [0.2, 0.25) is 5.91 Å². The molecule has 1 saturated heterocycles. The van der Waals surface area contributed by atoms with Crippen molar-refractivity contribution < 1.29 is 18.7 Å². The summed E-state index contributed by atoms with van der Waals surface area (Å²) in [6.45, 7) is 5.22. The third-order valence-corrected chi connectivity index (χ3v) is 6.00. The summed E-state index contributed by atoms with van der Waals surface area (Å²) in [4.78, 5) is 29.8. The number of methoxy groups -OCH3 is 1. The maximum absolute atomic E-state index is 14.4. The predicted octanol–water partition coefficient (Wildman–Crippen LogP) is 3.11.